The first kappa shape index (κ1) is 20.1. The highest BCUT2D eigenvalue weighted by molar-refractivity contribution is 8.17. The zero-order valence-corrected chi connectivity index (χ0v) is 16.9. The molecule has 2 aromatic rings. The fourth-order valence-corrected chi connectivity index (χ4v) is 4.57. The van der Waals surface area contributed by atoms with E-state index in [9.17, 15) is 9.18 Å². The molecule has 0 saturated heterocycles. The normalized spacial score (nSPS) is 20.8. The third kappa shape index (κ3) is 3.67. The number of amides is 1. The van der Waals surface area contributed by atoms with Gasteiger partial charge in [-0.05, 0) is 47.7 Å². The van der Waals surface area contributed by atoms with Gasteiger partial charge in [0.25, 0.3) is 5.91 Å². The molecule has 1 atom stereocenters. The van der Waals surface area contributed by atoms with Crippen LogP contribution in [0.3, 0.4) is 0 Å². The molecule has 1 aromatic heterocycles. The molecule has 0 radical (unpaired) electrons. The second kappa shape index (κ2) is 7.89. The number of pyridine rings is 1. The molecule has 0 saturated carbocycles. The molecule has 0 bridgehead atoms. The molecular formula is C21H18FN5O2S. The summed E-state index contributed by atoms with van der Waals surface area (Å²) in [6.45, 7) is 2.74. The van der Waals surface area contributed by atoms with Gasteiger partial charge in [-0.2, -0.15) is 5.26 Å². The number of amidine groups is 1. The summed E-state index contributed by atoms with van der Waals surface area (Å²) < 4.78 is 20.5. The van der Waals surface area contributed by atoms with Crippen LogP contribution in [0.2, 0.25) is 0 Å². The number of aromatic nitrogens is 1. The van der Waals surface area contributed by atoms with Gasteiger partial charge in [-0.15, -0.1) is 0 Å². The number of benzene rings is 1. The number of thioether (sulfide) groups is 1. The van der Waals surface area contributed by atoms with E-state index >= 15 is 0 Å². The summed E-state index contributed by atoms with van der Waals surface area (Å²) in [6.07, 6.45) is 2.02. The Labute approximate surface area is 176 Å². The highest BCUT2D eigenvalue weighted by atomic mass is 32.2. The summed E-state index contributed by atoms with van der Waals surface area (Å²) in [6, 6.07) is 9.24. The number of nitrogens with one attached hydrogen (secondary N) is 1. The van der Waals surface area contributed by atoms with Crippen molar-refractivity contribution < 1.29 is 13.9 Å². The number of ether oxygens (including phenoxy) is 1. The molecule has 0 unspecified atom stereocenters. The summed E-state index contributed by atoms with van der Waals surface area (Å²) in [4.78, 5) is 22.1. The van der Waals surface area contributed by atoms with E-state index in [1.165, 1.54) is 42.2 Å². The van der Waals surface area contributed by atoms with Crippen molar-refractivity contribution in [3.8, 4) is 6.07 Å². The Morgan fingerprint density at radius 2 is 2.23 bits per heavy atom. The Bertz CT molecular complexity index is 1120. The average Bonchev–Trinajstić information content (AvgIpc) is 2.75. The van der Waals surface area contributed by atoms with Crippen molar-refractivity contribution in [2.75, 3.05) is 18.5 Å². The van der Waals surface area contributed by atoms with E-state index in [1.807, 2.05) is 6.07 Å². The Morgan fingerprint density at radius 1 is 1.40 bits per heavy atom. The quantitative estimate of drug-likeness (QED) is 0.783. The minimum Gasteiger partial charge on any atom is -0.378 e. The summed E-state index contributed by atoms with van der Waals surface area (Å²) >= 11 is 1.39. The number of nitrogens with two attached hydrogens (primary N) is 1. The number of hydrogen-bond acceptors (Lipinski definition) is 7. The third-order valence-electron chi connectivity index (χ3n) is 5.08. The number of carbonyl (C=O) groups excluding carboxylic acids is 1. The molecule has 2 aliphatic rings. The monoisotopic (exact) mass is 423 g/mol. The van der Waals surface area contributed by atoms with Crippen LogP contribution in [0.1, 0.15) is 35.0 Å². The smallest absolute Gasteiger partial charge is 0.274 e. The number of hydrogen-bond donors (Lipinski definition) is 2. The second-order valence-corrected chi connectivity index (χ2v) is 8.14. The standard InChI is InChI=1S/C21H18FN5O2S/c1-21(15-11-29-7-6-18(15)30-20(24)27-21)14-8-13(3-4-16(14)22)26-19(28)17-5-2-12(9-23)10-25-17/h2-5,8,10H,6-7,11H2,1H3,(H2,24,27)(H,26,28)/t21-/m1/s1. The maximum absolute atomic E-state index is 14.9. The zero-order valence-electron chi connectivity index (χ0n) is 16.1. The summed E-state index contributed by atoms with van der Waals surface area (Å²) in [5.41, 5.74) is 7.09. The lowest BCUT2D eigenvalue weighted by Gasteiger charge is -2.37. The Balaban J connectivity index is 1.68. The van der Waals surface area contributed by atoms with Gasteiger partial charge in [-0.25, -0.2) is 14.4 Å². The molecule has 30 heavy (non-hydrogen) atoms. The van der Waals surface area contributed by atoms with E-state index in [4.69, 9.17) is 15.7 Å². The SMILES string of the molecule is C[C@]1(c2cc(NC(=O)c3ccc(C#N)cn3)ccc2F)N=C(N)SC2=C1COCC2. The van der Waals surface area contributed by atoms with Crippen molar-refractivity contribution in [3.63, 3.8) is 0 Å². The molecule has 7 nitrogen and oxygen atoms in total. The van der Waals surface area contributed by atoms with Gasteiger partial charge in [0.2, 0.25) is 0 Å². The van der Waals surface area contributed by atoms with Gasteiger partial charge in [-0.3, -0.25) is 4.79 Å². The Hall–Kier alpha value is -3.22. The maximum atomic E-state index is 14.9. The first-order valence-corrected chi connectivity index (χ1v) is 10.0. The fourth-order valence-electron chi connectivity index (χ4n) is 3.52. The van der Waals surface area contributed by atoms with Crippen LogP contribution in [0.25, 0.3) is 0 Å². The van der Waals surface area contributed by atoms with Gasteiger partial charge in [0.05, 0.1) is 18.8 Å². The van der Waals surface area contributed by atoms with Gasteiger partial charge < -0.3 is 15.8 Å². The maximum Gasteiger partial charge on any atom is 0.274 e. The van der Waals surface area contributed by atoms with Gasteiger partial charge in [0, 0.05) is 23.9 Å². The van der Waals surface area contributed by atoms with Crippen LogP contribution in [0.15, 0.2) is 52.0 Å². The predicted molar refractivity (Wildman–Crippen MR) is 112 cm³/mol. The van der Waals surface area contributed by atoms with E-state index in [2.05, 4.69) is 15.3 Å². The van der Waals surface area contributed by atoms with Gasteiger partial charge in [0.1, 0.15) is 23.1 Å². The highest BCUT2D eigenvalue weighted by Gasteiger charge is 2.40. The van der Waals surface area contributed by atoms with E-state index in [0.29, 0.717) is 41.6 Å². The molecule has 2 aliphatic heterocycles. The van der Waals surface area contributed by atoms with Crippen molar-refractivity contribution in [1.82, 2.24) is 4.98 Å². The first-order chi connectivity index (χ1) is 14.4. The summed E-state index contributed by atoms with van der Waals surface area (Å²) in [5, 5.41) is 11.9. The molecule has 1 aromatic carbocycles. The van der Waals surface area contributed by atoms with Crippen molar-refractivity contribution in [1.29, 1.82) is 5.26 Å². The number of carbonyl (C=O) groups is 1. The molecular weight excluding hydrogens is 405 g/mol. The summed E-state index contributed by atoms with van der Waals surface area (Å²) in [7, 11) is 0. The van der Waals surface area contributed by atoms with E-state index in [0.717, 1.165) is 10.5 Å². The average molecular weight is 423 g/mol. The molecule has 0 spiro atoms. The van der Waals surface area contributed by atoms with Crippen LogP contribution in [0.5, 0.6) is 0 Å². The van der Waals surface area contributed by atoms with Crippen LogP contribution in [-0.4, -0.2) is 29.3 Å². The third-order valence-corrected chi connectivity index (χ3v) is 6.08. The zero-order chi connectivity index (χ0) is 21.3. The van der Waals surface area contributed by atoms with Crippen LogP contribution >= 0.6 is 11.8 Å². The number of nitriles is 1. The molecule has 0 aliphatic carbocycles. The lowest BCUT2D eigenvalue weighted by molar-refractivity contribution is 0.102. The predicted octanol–water partition coefficient (Wildman–Crippen LogP) is 3.30. The number of aliphatic imine (C=N–C) groups is 1. The van der Waals surface area contributed by atoms with Crippen molar-refractivity contribution >= 4 is 28.5 Å². The van der Waals surface area contributed by atoms with Crippen molar-refractivity contribution in [2.45, 2.75) is 18.9 Å². The molecule has 152 valence electrons. The van der Waals surface area contributed by atoms with Crippen LogP contribution in [0.4, 0.5) is 10.1 Å². The van der Waals surface area contributed by atoms with Gasteiger partial charge in [0.15, 0.2) is 5.17 Å². The lowest BCUT2D eigenvalue weighted by atomic mass is 9.83. The molecule has 1 amide bonds. The van der Waals surface area contributed by atoms with Gasteiger partial charge >= 0.3 is 0 Å². The second-order valence-electron chi connectivity index (χ2n) is 7.02. The van der Waals surface area contributed by atoms with Crippen LogP contribution in [0, 0.1) is 17.1 Å². The Morgan fingerprint density at radius 3 is 2.97 bits per heavy atom. The topological polar surface area (TPSA) is 113 Å². The largest absolute Gasteiger partial charge is 0.378 e. The fraction of sp³-hybridized carbons (Fsp3) is 0.238. The van der Waals surface area contributed by atoms with Crippen molar-refractivity contribution in [2.24, 2.45) is 10.7 Å². The molecule has 9 heteroatoms. The number of anilines is 1. The van der Waals surface area contributed by atoms with Crippen LogP contribution in [-0.2, 0) is 10.3 Å². The highest BCUT2D eigenvalue weighted by Crippen LogP contribution is 2.46. The molecule has 3 N–H and O–H groups in total. The lowest BCUT2D eigenvalue weighted by Crippen LogP contribution is -2.35. The Kier molecular flexibility index (Phi) is 5.28. The number of rotatable bonds is 3. The molecule has 3 heterocycles. The summed E-state index contributed by atoms with van der Waals surface area (Å²) in [5.74, 6) is -0.918. The minimum absolute atomic E-state index is 0.146. The van der Waals surface area contributed by atoms with E-state index in [1.54, 1.807) is 13.0 Å². The number of halogens is 1. The van der Waals surface area contributed by atoms with Gasteiger partial charge in [-0.1, -0.05) is 11.8 Å². The number of nitrogens with zero attached hydrogens (tertiary/aromatic N) is 3. The van der Waals surface area contributed by atoms with E-state index < -0.39 is 17.3 Å². The molecule has 4 rings (SSSR count). The molecule has 0 fully saturated rings. The van der Waals surface area contributed by atoms with Crippen LogP contribution < -0.4 is 11.1 Å². The van der Waals surface area contributed by atoms with Crippen molar-refractivity contribution in [3.05, 3.63) is 69.6 Å². The minimum atomic E-state index is -1.03. The van der Waals surface area contributed by atoms with E-state index in [-0.39, 0.29) is 5.69 Å². The first-order valence-electron chi connectivity index (χ1n) is 9.21.